The van der Waals surface area contributed by atoms with E-state index in [0.29, 0.717) is 5.95 Å². The Bertz CT molecular complexity index is 726. The van der Waals surface area contributed by atoms with Gasteiger partial charge in [0.05, 0.1) is 0 Å². The summed E-state index contributed by atoms with van der Waals surface area (Å²) in [7, 11) is 4.15. The second-order valence-corrected chi connectivity index (χ2v) is 7.23. The van der Waals surface area contributed by atoms with Crippen LogP contribution < -0.4 is 15.1 Å². The second kappa shape index (κ2) is 8.99. The van der Waals surface area contributed by atoms with E-state index in [4.69, 9.17) is 4.98 Å². The van der Waals surface area contributed by atoms with Crippen molar-refractivity contribution in [3.63, 3.8) is 0 Å². The summed E-state index contributed by atoms with van der Waals surface area (Å²) in [5.74, 6) is 1.47. The van der Waals surface area contributed by atoms with Crippen LogP contribution in [0.15, 0.2) is 30.3 Å². The number of benzene rings is 1. The van der Waals surface area contributed by atoms with E-state index in [2.05, 4.69) is 39.1 Å². The zero-order valence-electron chi connectivity index (χ0n) is 16.5. The highest BCUT2D eigenvalue weighted by Crippen LogP contribution is 2.21. The van der Waals surface area contributed by atoms with Crippen molar-refractivity contribution < 1.29 is 4.39 Å². The number of halogens is 1. The van der Waals surface area contributed by atoms with Crippen molar-refractivity contribution in [2.24, 2.45) is 0 Å². The van der Waals surface area contributed by atoms with Gasteiger partial charge in [-0.15, -0.1) is 0 Å². The molecule has 146 valence electrons. The maximum atomic E-state index is 13.1. The molecule has 2 heterocycles. The zero-order valence-corrected chi connectivity index (χ0v) is 16.5. The molecule has 0 amide bonds. The summed E-state index contributed by atoms with van der Waals surface area (Å²) in [6.07, 6.45) is 1.05. The van der Waals surface area contributed by atoms with Gasteiger partial charge >= 0.3 is 0 Å². The lowest BCUT2D eigenvalue weighted by Crippen LogP contribution is -2.46. The summed E-state index contributed by atoms with van der Waals surface area (Å²) in [6, 6.07) is 8.76. The topological polar surface area (TPSA) is 47.5 Å². The first-order valence-electron chi connectivity index (χ1n) is 9.51. The first-order valence-corrected chi connectivity index (χ1v) is 9.51. The van der Waals surface area contributed by atoms with E-state index in [1.807, 2.05) is 25.1 Å². The predicted molar refractivity (Wildman–Crippen MR) is 109 cm³/mol. The molecule has 0 spiro atoms. The minimum Gasteiger partial charge on any atom is -0.368 e. The molecule has 1 fully saturated rings. The average molecular weight is 372 g/mol. The Morgan fingerprint density at radius 2 is 1.70 bits per heavy atom. The molecule has 0 radical (unpaired) electrons. The normalized spacial score (nSPS) is 14.7. The van der Waals surface area contributed by atoms with Gasteiger partial charge < -0.3 is 20.0 Å². The van der Waals surface area contributed by atoms with Gasteiger partial charge in [0, 0.05) is 50.2 Å². The smallest absolute Gasteiger partial charge is 0.224 e. The number of nitrogens with zero attached hydrogens (tertiary/aromatic N) is 5. The highest BCUT2D eigenvalue weighted by Gasteiger charge is 2.19. The van der Waals surface area contributed by atoms with Gasteiger partial charge in [0.2, 0.25) is 5.95 Å². The van der Waals surface area contributed by atoms with Crippen LogP contribution in [0, 0.1) is 12.7 Å². The number of nitrogens with one attached hydrogen (secondary N) is 1. The van der Waals surface area contributed by atoms with Gasteiger partial charge in [-0.3, -0.25) is 0 Å². The molecular weight excluding hydrogens is 343 g/mol. The zero-order chi connectivity index (χ0) is 19.2. The fourth-order valence-electron chi connectivity index (χ4n) is 3.23. The maximum absolute atomic E-state index is 13.1. The van der Waals surface area contributed by atoms with E-state index in [1.165, 1.54) is 12.1 Å². The molecule has 1 aromatic carbocycles. The Labute approximate surface area is 161 Å². The third kappa shape index (κ3) is 5.53. The molecule has 1 N–H and O–H groups in total. The van der Waals surface area contributed by atoms with Crippen LogP contribution in [-0.4, -0.2) is 68.2 Å². The highest BCUT2D eigenvalue weighted by atomic mass is 19.1. The first-order chi connectivity index (χ1) is 13.0. The molecule has 1 saturated heterocycles. The van der Waals surface area contributed by atoms with Crippen molar-refractivity contribution in [3.8, 4) is 0 Å². The fourth-order valence-corrected chi connectivity index (χ4v) is 3.23. The van der Waals surface area contributed by atoms with Crippen LogP contribution in [-0.2, 0) is 0 Å². The SMILES string of the molecule is Cc1cc(N2CCN(c3ccc(F)cc3)CC2)nc(NCCCN(C)C)n1. The van der Waals surface area contributed by atoms with Crippen LogP contribution in [0.3, 0.4) is 0 Å². The fraction of sp³-hybridized carbons (Fsp3) is 0.500. The molecule has 1 aliphatic rings. The number of hydrogen-bond donors (Lipinski definition) is 1. The number of piperazine rings is 1. The molecule has 1 aromatic heterocycles. The average Bonchev–Trinajstić information content (AvgIpc) is 2.65. The highest BCUT2D eigenvalue weighted by molar-refractivity contribution is 5.50. The third-order valence-corrected chi connectivity index (χ3v) is 4.70. The largest absolute Gasteiger partial charge is 0.368 e. The van der Waals surface area contributed by atoms with Gasteiger partial charge in [-0.05, 0) is 58.3 Å². The summed E-state index contributed by atoms with van der Waals surface area (Å²) in [4.78, 5) is 16.0. The van der Waals surface area contributed by atoms with Crippen LogP contribution in [0.4, 0.5) is 21.8 Å². The molecule has 0 atom stereocenters. The van der Waals surface area contributed by atoms with Crippen LogP contribution in [0.5, 0.6) is 0 Å². The Kier molecular flexibility index (Phi) is 6.45. The Balaban J connectivity index is 1.57. The Hall–Kier alpha value is -2.41. The predicted octanol–water partition coefficient (Wildman–Crippen LogP) is 2.61. The van der Waals surface area contributed by atoms with Gasteiger partial charge in [-0.1, -0.05) is 0 Å². The molecule has 2 aromatic rings. The maximum Gasteiger partial charge on any atom is 0.224 e. The van der Waals surface area contributed by atoms with Gasteiger partial charge in [0.15, 0.2) is 0 Å². The number of hydrogen-bond acceptors (Lipinski definition) is 6. The second-order valence-electron chi connectivity index (χ2n) is 7.23. The first kappa shape index (κ1) is 19.4. The number of aromatic nitrogens is 2. The molecule has 0 aliphatic carbocycles. The van der Waals surface area contributed by atoms with Crippen molar-refractivity contribution in [2.75, 3.05) is 68.5 Å². The van der Waals surface area contributed by atoms with E-state index in [0.717, 1.165) is 62.9 Å². The van der Waals surface area contributed by atoms with Crippen molar-refractivity contribution in [2.45, 2.75) is 13.3 Å². The Morgan fingerprint density at radius 1 is 1.04 bits per heavy atom. The van der Waals surface area contributed by atoms with Gasteiger partial charge in [-0.25, -0.2) is 9.37 Å². The lowest BCUT2D eigenvalue weighted by atomic mass is 10.2. The molecule has 27 heavy (non-hydrogen) atoms. The molecule has 0 unspecified atom stereocenters. The molecule has 3 rings (SSSR count). The summed E-state index contributed by atoms with van der Waals surface area (Å²) in [6.45, 7) is 7.45. The van der Waals surface area contributed by atoms with Gasteiger partial charge in [-0.2, -0.15) is 4.98 Å². The van der Waals surface area contributed by atoms with Crippen molar-refractivity contribution in [3.05, 3.63) is 41.8 Å². The summed E-state index contributed by atoms with van der Waals surface area (Å²) in [5, 5.41) is 3.34. The third-order valence-electron chi connectivity index (χ3n) is 4.70. The van der Waals surface area contributed by atoms with Crippen LogP contribution in [0.1, 0.15) is 12.1 Å². The van der Waals surface area contributed by atoms with E-state index < -0.39 is 0 Å². The minimum atomic E-state index is -0.195. The molecule has 1 aliphatic heterocycles. The van der Waals surface area contributed by atoms with E-state index in [1.54, 1.807) is 0 Å². The molecule has 0 bridgehead atoms. The molecule has 6 nitrogen and oxygen atoms in total. The van der Waals surface area contributed by atoms with Gasteiger partial charge in [0.1, 0.15) is 11.6 Å². The summed E-state index contributed by atoms with van der Waals surface area (Å²) >= 11 is 0. The molecular formula is C20H29FN6. The Morgan fingerprint density at radius 3 is 2.37 bits per heavy atom. The van der Waals surface area contributed by atoms with Crippen LogP contribution >= 0.6 is 0 Å². The summed E-state index contributed by atoms with van der Waals surface area (Å²) < 4.78 is 13.1. The van der Waals surface area contributed by atoms with Crippen LogP contribution in [0.2, 0.25) is 0 Å². The van der Waals surface area contributed by atoms with Crippen molar-refractivity contribution >= 4 is 17.5 Å². The monoisotopic (exact) mass is 372 g/mol. The summed E-state index contributed by atoms with van der Waals surface area (Å²) in [5.41, 5.74) is 2.04. The molecule has 7 heteroatoms. The number of rotatable bonds is 7. The minimum absolute atomic E-state index is 0.195. The van der Waals surface area contributed by atoms with E-state index in [9.17, 15) is 4.39 Å². The van der Waals surface area contributed by atoms with Crippen molar-refractivity contribution in [1.29, 1.82) is 0 Å². The molecule has 0 saturated carbocycles. The van der Waals surface area contributed by atoms with Crippen LogP contribution in [0.25, 0.3) is 0 Å². The number of anilines is 3. The quantitative estimate of drug-likeness (QED) is 0.754. The van der Waals surface area contributed by atoms with Crippen molar-refractivity contribution in [1.82, 2.24) is 14.9 Å². The lowest BCUT2D eigenvalue weighted by molar-refractivity contribution is 0.405. The standard InChI is InChI=1S/C20H29FN6/c1-16-15-19(24-20(23-16)22-9-4-10-25(2)3)27-13-11-26(12-14-27)18-7-5-17(21)6-8-18/h5-8,15H,4,9-14H2,1-3H3,(H,22,23,24). The number of aryl methyl sites for hydroxylation is 1. The van der Waals surface area contributed by atoms with E-state index in [-0.39, 0.29) is 5.82 Å². The lowest BCUT2D eigenvalue weighted by Gasteiger charge is -2.36. The van der Waals surface area contributed by atoms with E-state index >= 15 is 0 Å². The van der Waals surface area contributed by atoms with Gasteiger partial charge in [0.25, 0.3) is 0 Å².